The van der Waals surface area contributed by atoms with Crippen LogP contribution in [-0.4, -0.2) is 44.6 Å². The number of nitrogens with two attached hydrogens (primary N) is 1. The molecule has 0 aliphatic carbocycles. The molecule has 0 bridgehead atoms. The zero-order valence-corrected chi connectivity index (χ0v) is 9.70. The Morgan fingerprint density at radius 2 is 2.42 bits per heavy atom. The van der Waals surface area contributed by atoms with Crippen molar-refractivity contribution in [2.75, 3.05) is 12.3 Å². The third-order valence-corrected chi connectivity index (χ3v) is 2.83. The molecule has 1 aliphatic heterocycles. The Labute approximate surface area is 106 Å². The summed E-state index contributed by atoms with van der Waals surface area (Å²) in [6, 6.07) is 0.385. The second-order valence-electron chi connectivity index (χ2n) is 3.98. The molecule has 0 aromatic carbocycles. The van der Waals surface area contributed by atoms with Gasteiger partial charge in [0.25, 0.3) is 0 Å². The minimum atomic E-state index is -1.27. The standard InChI is InChI=1S/C9H12N6O4/c10-5-1-2-15(9(18)12-5)8-7(17)6(13-14-11)4(3-16)19-8/h1-2,4,6-8,16-17H,3H2,(H2,10,12,18)/t4-,6?,7-,8-/m1/s1. The summed E-state index contributed by atoms with van der Waals surface area (Å²) in [7, 11) is 0. The van der Waals surface area contributed by atoms with Gasteiger partial charge in [0, 0.05) is 11.1 Å². The van der Waals surface area contributed by atoms with Crippen molar-refractivity contribution in [1.82, 2.24) is 9.55 Å². The van der Waals surface area contributed by atoms with Gasteiger partial charge in [-0.2, -0.15) is 4.98 Å². The van der Waals surface area contributed by atoms with Crippen molar-refractivity contribution in [3.63, 3.8) is 0 Å². The number of hydrogen-bond acceptors (Lipinski definition) is 7. The van der Waals surface area contributed by atoms with Gasteiger partial charge >= 0.3 is 5.69 Å². The molecule has 4 N–H and O–H groups in total. The normalized spacial score (nSPS) is 30.0. The average molecular weight is 268 g/mol. The van der Waals surface area contributed by atoms with Crippen LogP contribution >= 0.6 is 0 Å². The second-order valence-corrected chi connectivity index (χ2v) is 3.98. The molecule has 0 spiro atoms. The summed E-state index contributed by atoms with van der Waals surface area (Å²) in [5.74, 6) is 0.0408. The Hall–Kier alpha value is -2.13. The van der Waals surface area contributed by atoms with E-state index in [-0.39, 0.29) is 5.82 Å². The molecule has 4 atom stereocenters. The van der Waals surface area contributed by atoms with Crippen molar-refractivity contribution in [3.05, 3.63) is 33.2 Å². The summed E-state index contributed by atoms with van der Waals surface area (Å²) < 4.78 is 6.34. The predicted molar refractivity (Wildman–Crippen MR) is 62.8 cm³/mol. The Morgan fingerprint density at radius 1 is 1.68 bits per heavy atom. The van der Waals surface area contributed by atoms with Crippen LogP contribution in [0.4, 0.5) is 5.82 Å². The molecule has 1 saturated heterocycles. The van der Waals surface area contributed by atoms with Crippen LogP contribution in [0.25, 0.3) is 10.4 Å². The number of nitrogens with zero attached hydrogens (tertiary/aromatic N) is 5. The van der Waals surface area contributed by atoms with E-state index in [0.29, 0.717) is 0 Å². The lowest BCUT2D eigenvalue weighted by Gasteiger charge is -2.17. The van der Waals surface area contributed by atoms with Gasteiger partial charge in [-0.3, -0.25) is 4.57 Å². The third kappa shape index (κ3) is 2.37. The highest BCUT2D eigenvalue weighted by Gasteiger charge is 2.44. The third-order valence-electron chi connectivity index (χ3n) is 2.83. The van der Waals surface area contributed by atoms with E-state index in [4.69, 9.17) is 21.1 Å². The van der Waals surface area contributed by atoms with Gasteiger partial charge in [-0.15, -0.1) is 0 Å². The van der Waals surface area contributed by atoms with Gasteiger partial charge in [-0.1, -0.05) is 5.11 Å². The SMILES string of the molecule is [N-]=[N+]=NC1[C@@H](O)[C@H](n2ccc(N)nc2=O)O[C@@H]1CO. The highest BCUT2D eigenvalue weighted by atomic mass is 16.5. The van der Waals surface area contributed by atoms with Gasteiger partial charge in [0.15, 0.2) is 6.23 Å². The number of aliphatic hydroxyl groups excluding tert-OH is 2. The highest BCUT2D eigenvalue weighted by molar-refractivity contribution is 5.23. The summed E-state index contributed by atoms with van der Waals surface area (Å²) in [5, 5.41) is 22.5. The van der Waals surface area contributed by atoms with Crippen LogP contribution in [-0.2, 0) is 4.74 Å². The van der Waals surface area contributed by atoms with Crippen molar-refractivity contribution in [2.45, 2.75) is 24.5 Å². The quantitative estimate of drug-likeness (QED) is 0.353. The van der Waals surface area contributed by atoms with Gasteiger partial charge in [0.1, 0.15) is 11.9 Å². The number of aromatic nitrogens is 2. The van der Waals surface area contributed by atoms with E-state index in [0.717, 1.165) is 4.57 Å². The molecule has 102 valence electrons. The summed E-state index contributed by atoms with van der Waals surface area (Å²) >= 11 is 0. The molecule has 0 amide bonds. The maximum Gasteiger partial charge on any atom is 0.351 e. The van der Waals surface area contributed by atoms with Crippen LogP contribution < -0.4 is 11.4 Å². The van der Waals surface area contributed by atoms with E-state index in [1.807, 2.05) is 0 Å². The Balaban J connectivity index is 2.36. The van der Waals surface area contributed by atoms with Crippen molar-refractivity contribution in [3.8, 4) is 0 Å². The number of nitrogen functional groups attached to an aromatic ring is 1. The first-order chi connectivity index (χ1) is 9.08. The lowest BCUT2D eigenvalue weighted by atomic mass is 10.1. The van der Waals surface area contributed by atoms with Crippen molar-refractivity contribution in [2.24, 2.45) is 5.11 Å². The van der Waals surface area contributed by atoms with Crippen LogP contribution in [0.15, 0.2) is 22.2 Å². The molecule has 0 radical (unpaired) electrons. The fourth-order valence-electron chi connectivity index (χ4n) is 1.93. The number of ether oxygens (including phenoxy) is 1. The van der Waals surface area contributed by atoms with Crippen molar-refractivity contribution < 1.29 is 14.9 Å². The van der Waals surface area contributed by atoms with Crippen LogP contribution in [0.2, 0.25) is 0 Å². The number of aliphatic hydroxyl groups is 2. The molecule has 1 fully saturated rings. The topological polar surface area (TPSA) is 159 Å². The molecule has 10 heteroatoms. The molecule has 1 unspecified atom stereocenters. The zero-order chi connectivity index (χ0) is 14.0. The van der Waals surface area contributed by atoms with Gasteiger partial charge in [0.2, 0.25) is 0 Å². The van der Waals surface area contributed by atoms with Crippen LogP contribution in [0.3, 0.4) is 0 Å². The smallest absolute Gasteiger partial charge is 0.351 e. The maximum absolute atomic E-state index is 11.6. The molecule has 2 rings (SSSR count). The van der Waals surface area contributed by atoms with Crippen molar-refractivity contribution >= 4 is 5.82 Å². The summed E-state index contributed by atoms with van der Waals surface area (Å²) in [5.41, 5.74) is 13.1. The van der Waals surface area contributed by atoms with E-state index >= 15 is 0 Å². The average Bonchev–Trinajstić information content (AvgIpc) is 2.68. The first-order valence-corrected chi connectivity index (χ1v) is 5.41. The number of anilines is 1. The van der Waals surface area contributed by atoms with E-state index < -0.39 is 36.8 Å². The molecule has 0 saturated carbocycles. The Morgan fingerprint density at radius 3 is 3.00 bits per heavy atom. The fourth-order valence-corrected chi connectivity index (χ4v) is 1.93. The lowest BCUT2D eigenvalue weighted by molar-refractivity contribution is -0.0531. The molecule has 1 aliphatic rings. The largest absolute Gasteiger partial charge is 0.394 e. The van der Waals surface area contributed by atoms with Gasteiger partial charge in [0.05, 0.1) is 18.8 Å². The zero-order valence-electron chi connectivity index (χ0n) is 9.70. The molecule has 2 heterocycles. The minimum Gasteiger partial charge on any atom is -0.394 e. The molecule has 1 aromatic heterocycles. The summed E-state index contributed by atoms with van der Waals surface area (Å²) in [6.45, 7) is -0.450. The van der Waals surface area contributed by atoms with Gasteiger partial charge in [-0.05, 0) is 11.6 Å². The van der Waals surface area contributed by atoms with Crippen LogP contribution in [0.5, 0.6) is 0 Å². The van der Waals surface area contributed by atoms with E-state index in [1.54, 1.807) is 0 Å². The highest BCUT2D eigenvalue weighted by Crippen LogP contribution is 2.30. The lowest BCUT2D eigenvalue weighted by Crippen LogP contribution is -2.35. The van der Waals surface area contributed by atoms with Crippen LogP contribution in [0, 0.1) is 0 Å². The molecular formula is C9H12N6O4. The molecule has 10 nitrogen and oxygen atoms in total. The van der Waals surface area contributed by atoms with Crippen molar-refractivity contribution in [1.29, 1.82) is 0 Å². The Kier molecular flexibility index (Phi) is 3.67. The molecule has 1 aromatic rings. The first kappa shape index (κ1) is 13.3. The monoisotopic (exact) mass is 268 g/mol. The fraction of sp³-hybridized carbons (Fsp3) is 0.556. The van der Waals surface area contributed by atoms with E-state index in [2.05, 4.69) is 15.0 Å². The van der Waals surface area contributed by atoms with Crippen LogP contribution in [0.1, 0.15) is 6.23 Å². The Bertz CT molecular complexity index is 568. The molecular weight excluding hydrogens is 256 g/mol. The minimum absolute atomic E-state index is 0.0408. The maximum atomic E-state index is 11.6. The van der Waals surface area contributed by atoms with Gasteiger partial charge < -0.3 is 20.7 Å². The number of rotatable bonds is 3. The first-order valence-electron chi connectivity index (χ1n) is 5.41. The van der Waals surface area contributed by atoms with E-state index in [9.17, 15) is 9.90 Å². The van der Waals surface area contributed by atoms with Gasteiger partial charge in [-0.25, -0.2) is 4.79 Å². The molecule has 19 heavy (non-hydrogen) atoms. The number of azide groups is 1. The summed E-state index contributed by atoms with van der Waals surface area (Å²) in [6.07, 6.45) is -1.93. The summed E-state index contributed by atoms with van der Waals surface area (Å²) in [4.78, 5) is 17.7. The second kappa shape index (κ2) is 5.24. The number of hydrogen-bond donors (Lipinski definition) is 3. The predicted octanol–water partition coefficient (Wildman–Crippen LogP) is -1.24. The van der Waals surface area contributed by atoms with E-state index in [1.165, 1.54) is 12.3 Å².